The summed E-state index contributed by atoms with van der Waals surface area (Å²) < 4.78 is 21.8. The third kappa shape index (κ3) is 7.91. The number of ether oxygens (including phenoxy) is 4. The Morgan fingerprint density at radius 2 is 0.885 bits per heavy atom. The van der Waals surface area contributed by atoms with Crippen LogP contribution in [0.4, 0.5) is 0 Å². The van der Waals surface area contributed by atoms with E-state index in [1.807, 2.05) is 97.1 Å². The fraction of sp³-hybridized carbons (Fsp3) is 0.238. The summed E-state index contributed by atoms with van der Waals surface area (Å²) in [5.74, 6) is 3.59. The Morgan fingerprint density at radius 1 is 0.500 bits per heavy atom. The second kappa shape index (κ2) is 16.7. The van der Waals surface area contributed by atoms with Crippen molar-refractivity contribution in [3.8, 4) is 23.0 Å². The van der Waals surface area contributed by atoms with Gasteiger partial charge in [0.15, 0.2) is 0 Å². The molecule has 266 valence electrons. The number of nitrogens with zero attached hydrogens (tertiary/aromatic N) is 4. The molecule has 0 saturated carbocycles. The van der Waals surface area contributed by atoms with Gasteiger partial charge in [-0.05, 0) is 84.7 Å². The summed E-state index contributed by atoms with van der Waals surface area (Å²) in [6.07, 6.45) is 6.78. The lowest BCUT2D eigenvalue weighted by atomic mass is 10.1. The molecule has 10 nitrogen and oxygen atoms in total. The van der Waals surface area contributed by atoms with Crippen LogP contribution >= 0.6 is 0 Å². The minimum absolute atomic E-state index is 0.159. The number of unbranched alkanes of at least 4 members (excludes halogenated alkanes) is 3. The smallest absolute Gasteiger partial charge is 0.278 e. The van der Waals surface area contributed by atoms with Crippen LogP contribution in [0.5, 0.6) is 23.0 Å². The first-order valence-electron chi connectivity index (χ1n) is 17.2. The van der Waals surface area contributed by atoms with E-state index in [4.69, 9.17) is 28.9 Å². The van der Waals surface area contributed by atoms with E-state index in [-0.39, 0.29) is 11.8 Å². The lowest BCUT2D eigenvalue weighted by Gasteiger charge is -2.21. The number of hydrogen-bond donors (Lipinski definition) is 0. The predicted molar refractivity (Wildman–Crippen MR) is 203 cm³/mol. The van der Waals surface area contributed by atoms with Crippen molar-refractivity contribution in [3.63, 3.8) is 0 Å². The minimum atomic E-state index is -0.159. The Bertz CT molecular complexity index is 1890. The van der Waals surface area contributed by atoms with Crippen molar-refractivity contribution in [3.05, 3.63) is 131 Å². The maximum absolute atomic E-state index is 13.8. The lowest BCUT2D eigenvalue weighted by molar-refractivity contribution is -0.123. The molecule has 2 aliphatic rings. The quantitative estimate of drug-likeness (QED) is 0.0959. The Hall–Kier alpha value is -6.16. The van der Waals surface area contributed by atoms with Crippen LogP contribution in [0.1, 0.15) is 47.9 Å². The normalized spacial score (nSPS) is 15.7. The molecule has 0 fully saturated rings. The average Bonchev–Trinajstić information content (AvgIpc) is 3.67. The summed E-state index contributed by atoms with van der Waals surface area (Å²) in [6, 6.07) is 30.2. The second-order valence-electron chi connectivity index (χ2n) is 12.2. The molecule has 0 unspecified atom stereocenters. The van der Waals surface area contributed by atoms with Gasteiger partial charge in [-0.2, -0.15) is 0 Å². The van der Waals surface area contributed by atoms with E-state index >= 15 is 0 Å². The molecule has 0 aliphatic carbocycles. The van der Waals surface area contributed by atoms with Gasteiger partial charge in [-0.1, -0.05) is 61.4 Å². The van der Waals surface area contributed by atoms with Crippen molar-refractivity contribution in [1.29, 1.82) is 0 Å². The van der Waals surface area contributed by atoms with Gasteiger partial charge in [-0.3, -0.25) is 19.4 Å². The van der Waals surface area contributed by atoms with Gasteiger partial charge in [0.05, 0.1) is 39.6 Å². The van der Waals surface area contributed by atoms with Crippen molar-refractivity contribution in [2.75, 3.05) is 41.5 Å². The van der Waals surface area contributed by atoms with Crippen molar-refractivity contribution in [1.82, 2.24) is 9.80 Å². The Balaban J connectivity index is 1.13. The summed E-state index contributed by atoms with van der Waals surface area (Å²) in [7, 11) is 6.46. The van der Waals surface area contributed by atoms with Gasteiger partial charge >= 0.3 is 0 Å². The molecule has 2 heterocycles. The average molecular weight is 699 g/mol. The molecule has 4 aromatic rings. The van der Waals surface area contributed by atoms with Crippen molar-refractivity contribution >= 4 is 35.6 Å². The fourth-order valence-corrected chi connectivity index (χ4v) is 6.20. The number of methoxy groups -OCH3 is 4. The maximum Gasteiger partial charge on any atom is 0.278 e. The first-order valence-corrected chi connectivity index (χ1v) is 17.2. The molecule has 0 spiro atoms. The maximum atomic E-state index is 13.8. The summed E-state index contributed by atoms with van der Waals surface area (Å²) in [5.41, 5.74) is 3.93. The van der Waals surface area contributed by atoms with Crippen LogP contribution < -0.4 is 18.9 Å². The van der Waals surface area contributed by atoms with Gasteiger partial charge in [-0.25, -0.2) is 9.98 Å². The third-order valence-electron chi connectivity index (χ3n) is 8.94. The summed E-state index contributed by atoms with van der Waals surface area (Å²) in [6.45, 7) is 0.974. The highest BCUT2D eigenvalue weighted by Gasteiger charge is 2.33. The number of rotatable bonds is 15. The molecular formula is C42H42N4O6. The number of aliphatic imine (C=N–C) groups is 2. The molecule has 0 atom stereocenters. The molecule has 2 amide bonds. The number of amidine groups is 2. The number of carbonyl (C=O) groups is 2. The lowest BCUT2D eigenvalue weighted by Crippen LogP contribution is -2.34. The zero-order chi connectivity index (χ0) is 36.5. The summed E-state index contributed by atoms with van der Waals surface area (Å²) in [5, 5.41) is 0. The van der Waals surface area contributed by atoms with Crippen LogP contribution in [0.2, 0.25) is 0 Å². The fourth-order valence-electron chi connectivity index (χ4n) is 6.20. The van der Waals surface area contributed by atoms with Crippen LogP contribution in [-0.4, -0.2) is 74.8 Å². The monoisotopic (exact) mass is 698 g/mol. The van der Waals surface area contributed by atoms with Crippen molar-refractivity contribution in [2.45, 2.75) is 25.7 Å². The highest BCUT2D eigenvalue weighted by Crippen LogP contribution is 2.30. The molecule has 52 heavy (non-hydrogen) atoms. The van der Waals surface area contributed by atoms with Gasteiger partial charge in [0.25, 0.3) is 11.8 Å². The largest absolute Gasteiger partial charge is 0.497 e. The number of benzene rings is 4. The van der Waals surface area contributed by atoms with Crippen LogP contribution in [0, 0.1) is 0 Å². The third-order valence-corrected chi connectivity index (χ3v) is 8.94. The Labute approximate surface area is 304 Å². The predicted octanol–water partition coefficient (Wildman–Crippen LogP) is 7.24. The number of amides is 2. The number of para-hydroxylation sites is 2. The molecule has 0 bridgehead atoms. The SMILES string of the molecule is COc1ccc(/C=C2\N=C(c3ccccc3OC)N(CCCCCCN3C(=O)/C(=C\c4ccc(OC)cc4)N=C3c3ccccc3OC)C2=O)cc1. The topological polar surface area (TPSA) is 102 Å². The zero-order valence-electron chi connectivity index (χ0n) is 29.9. The van der Waals surface area contributed by atoms with Gasteiger partial charge in [0, 0.05) is 13.1 Å². The molecule has 6 rings (SSSR count). The molecule has 0 aromatic heterocycles. The van der Waals surface area contributed by atoms with Crippen LogP contribution in [0.25, 0.3) is 12.2 Å². The number of hydrogen-bond acceptors (Lipinski definition) is 8. The second-order valence-corrected chi connectivity index (χ2v) is 12.2. The van der Waals surface area contributed by atoms with Crippen LogP contribution in [0.15, 0.2) is 118 Å². The van der Waals surface area contributed by atoms with E-state index < -0.39 is 0 Å². The first kappa shape index (κ1) is 35.7. The Kier molecular flexibility index (Phi) is 11.5. The van der Waals surface area contributed by atoms with Gasteiger partial charge in [0.2, 0.25) is 0 Å². The van der Waals surface area contributed by atoms with Gasteiger partial charge in [-0.15, -0.1) is 0 Å². The summed E-state index contributed by atoms with van der Waals surface area (Å²) >= 11 is 0. The molecule has 0 radical (unpaired) electrons. The van der Waals surface area contributed by atoms with Gasteiger partial charge in [0.1, 0.15) is 46.1 Å². The molecule has 0 N–H and O–H groups in total. The Morgan fingerprint density at radius 3 is 1.25 bits per heavy atom. The van der Waals surface area contributed by atoms with Gasteiger partial charge < -0.3 is 18.9 Å². The van der Waals surface area contributed by atoms with Crippen LogP contribution in [0.3, 0.4) is 0 Å². The molecule has 4 aromatic carbocycles. The van der Waals surface area contributed by atoms with Crippen molar-refractivity contribution in [2.24, 2.45) is 9.98 Å². The van der Waals surface area contributed by atoms with E-state index in [2.05, 4.69) is 0 Å². The standard InChI is InChI=1S/C42H42N4O6/c1-49-31-21-17-29(18-22-31)27-35-41(47)45(39(43-35)33-13-7-9-15-37(33)51-3)25-11-5-6-12-26-46-40(34-14-8-10-16-38(34)52-4)44-36(42(46)48)28-30-19-23-32(50-2)24-20-30/h7-10,13-24,27-28H,5-6,11-12,25-26H2,1-4H3/b35-27-,36-28+. The van der Waals surface area contributed by atoms with E-state index in [1.165, 1.54) is 0 Å². The highest BCUT2D eigenvalue weighted by atomic mass is 16.5. The molecule has 10 heteroatoms. The summed E-state index contributed by atoms with van der Waals surface area (Å²) in [4.78, 5) is 40.6. The van der Waals surface area contributed by atoms with E-state index in [0.717, 1.165) is 59.4 Å². The van der Waals surface area contributed by atoms with E-state index in [1.54, 1.807) is 50.4 Å². The van der Waals surface area contributed by atoms with Crippen LogP contribution in [-0.2, 0) is 9.59 Å². The number of carbonyl (C=O) groups excluding carboxylic acids is 2. The first-order chi connectivity index (χ1) is 25.4. The minimum Gasteiger partial charge on any atom is -0.497 e. The van der Waals surface area contributed by atoms with E-state index in [9.17, 15) is 9.59 Å². The molecular weight excluding hydrogens is 656 g/mol. The molecule has 0 saturated heterocycles. The highest BCUT2D eigenvalue weighted by molar-refractivity contribution is 6.21. The van der Waals surface area contributed by atoms with E-state index in [0.29, 0.717) is 47.7 Å². The zero-order valence-corrected chi connectivity index (χ0v) is 29.9. The van der Waals surface area contributed by atoms with Crippen molar-refractivity contribution < 1.29 is 28.5 Å². The molecule has 2 aliphatic heterocycles.